The lowest BCUT2D eigenvalue weighted by Gasteiger charge is -2.34. The Morgan fingerprint density at radius 1 is 0.432 bits per heavy atom. The average molecular weight is 1250 g/mol. The van der Waals surface area contributed by atoms with Gasteiger partial charge in [0.1, 0.15) is 30.9 Å². The van der Waals surface area contributed by atoms with E-state index in [0.29, 0.717) is 110 Å². The third-order valence-corrected chi connectivity index (χ3v) is 22.4. The molecule has 25 unspecified atom stereocenters. The number of Topliss-reactive ketones (excluding diaryl/α,β-unsaturated/α-hetero) is 1. The summed E-state index contributed by atoms with van der Waals surface area (Å²) in [6.07, 6.45) is 17.9. The normalized spacial score (nSPS) is 43.1. The van der Waals surface area contributed by atoms with Gasteiger partial charge in [-0.3, -0.25) is 24.0 Å². The Bertz CT molecular complexity index is 2030. The second-order valence-electron chi connectivity index (χ2n) is 30.1. The van der Waals surface area contributed by atoms with Gasteiger partial charge in [-0.15, -0.1) is 0 Å². The highest BCUT2D eigenvalue weighted by Gasteiger charge is 2.63. The van der Waals surface area contributed by atoms with Crippen LogP contribution in [0.2, 0.25) is 0 Å². The summed E-state index contributed by atoms with van der Waals surface area (Å²) in [4.78, 5) is 54.5. The van der Waals surface area contributed by atoms with E-state index in [2.05, 4.69) is 83.1 Å². The number of cyclic esters (lactones) is 3. The van der Waals surface area contributed by atoms with Gasteiger partial charge in [-0.1, -0.05) is 90.0 Å². The number of ketones is 1. The van der Waals surface area contributed by atoms with Crippen molar-refractivity contribution in [1.82, 2.24) is 0 Å². The number of hydrogen-bond acceptors (Lipinski definition) is 16. The van der Waals surface area contributed by atoms with Crippen LogP contribution in [0.15, 0.2) is 0 Å². The van der Waals surface area contributed by atoms with Crippen molar-refractivity contribution in [2.75, 3.05) is 26.6 Å². The fourth-order valence-corrected chi connectivity index (χ4v) is 13.7. The Balaban J connectivity index is 0.000000210. The van der Waals surface area contributed by atoms with Gasteiger partial charge in [0.2, 0.25) is 0 Å². The van der Waals surface area contributed by atoms with Crippen molar-refractivity contribution in [3.63, 3.8) is 0 Å². The molecule has 88 heavy (non-hydrogen) atoms. The van der Waals surface area contributed by atoms with E-state index in [1.54, 1.807) is 0 Å². The van der Waals surface area contributed by atoms with Crippen LogP contribution in [0.5, 0.6) is 0 Å². The first kappa shape index (κ1) is 77.7. The van der Waals surface area contributed by atoms with E-state index in [1.165, 1.54) is 44.9 Å². The SMILES string of the molecule is CC1C(=O)OCCC1(C)C.CC1C2CC3C1OC(=O)C3C2C.CC1C2CCC(O2)C1C.CC1CC(=O)OC1C.CC1CCC(=O)OC1C.CC1CCC(C)C(=O)C1.CC1CCCOC1C.CC1CCOC1C.CC1OC(C)(C)OC1C.CC1OCOC1C. The first-order chi connectivity index (χ1) is 41.0. The van der Waals surface area contributed by atoms with Crippen LogP contribution in [0, 0.1) is 88.3 Å². The highest BCUT2D eigenvalue weighted by molar-refractivity contribution is 5.81. The molecule has 0 radical (unpaired) electrons. The Morgan fingerprint density at radius 3 is 1.30 bits per heavy atom. The van der Waals surface area contributed by atoms with Crippen molar-refractivity contribution in [3.05, 3.63) is 0 Å². The monoisotopic (exact) mass is 1250 g/mol. The molecule has 0 spiro atoms. The summed E-state index contributed by atoms with van der Waals surface area (Å²) in [6.45, 7) is 51.2. The Morgan fingerprint density at radius 2 is 0.966 bits per heavy atom. The van der Waals surface area contributed by atoms with E-state index in [-0.39, 0.29) is 77.4 Å². The van der Waals surface area contributed by atoms with Crippen LogP contribution in [0.4, 0.5) is 0 Å². The topological polar surface area (TPSA) is 187 Å². The first-order valence-corrected chi connectivity index (χ1v) is 34.8. The third-order valence-electron chi connectivity index (χ3n) is 22.4. The van der Waals surface area contributed by atoms with Crippen LogP contribution in [0.1, 0.15) is 243 Å². The lowest BCUT2D eigenvalue weighted by molar-refractivity contribution is -0.160. The van der Waals surface area contributed by atoms with Crippen molar-refractivity contribution in [2.45, 2.75) is 316 Å². The largest absolute Gasteiger partial charge is 0.465 e. The standard InChI is InChI=1S/C10H14O2.C8H14O2.2C8H14O.C7H14O2.C7H12O2.C7H14O.C6H10O2.C6H12O.C5H10O2/c1-4-6-3-7-8(4)10(11)12-9(7)5(6)2;1-6-7(9)10-5-4-8(6,2)3;1-5-6(2)8-4-3-7(5)9-8;1-6-3-4-7(2)8(9)5-6;1-5-6(2)9-7(3,4)8-5;1-5-3-4-7(8)9-6(5)2;1-6-4-3-5-8-7(6)2;1-4-3-6(7)8-5(4)2;1-5-3-4-7-6(5)2;1-4-5(2)7-3-6-4/h4-9H,3H2,1-2H3;6H,4-5H2,1-3H3;5-8H,3-4H2,1-2H3;6-7H,3-5H2,1-2H3;5-6H,1-4H3;5-6H,3-4H2,1-2H3;6-7H,3-5H2,1-2H3;4-5H,3H2,1-2H3;5-6H,3-4H2,1-2H3;4-5H,3H2,1-2H3. The zero-order chi connectivity index (χ0) is 66.1. The van der Waals surface area contributed by atoms with Crippen molar-refractivity contribution in [1.29, 1.82) is 0 Å². The number of rotatable bonds is 0. The molecule has 4 bridgehead atoms. The zero-order valence-corrected chi connectivity index (χ0v) is 59.5. The first-order valence-electron chi connectivity index (χ1n) is 34.8. The molecule has 10 aliphatic heterocycles. The number of carbonyl (C=O) groups is 5. The number of fused-ring (bicyclic) bond motifs is 3. The van der Waals surface area contributed by atoms with Crippen molar-refractivity contribution >= 4 is 29.7 Å². The molecule has 10 heterocycles. The van der Waals surface area contributed by atoms with Crippen LogP contribution in [0.3, 0.4) is 0 Å². The van der Waals surface area contributed by atoms with Gasteiger partial charge < -0.3 is 52.1 Å². The summed E-state index contributed by atoms with van der Waals surface area (Å²) in [7, 11) is 0. The maximum atomic E-state index is 11.4. The van der Waals surface area contributed by atoms with Gasteiger partial charge in [0.15, 0.2) is 5.79 Å². The molecular weight excluding hydrogens is 1120 g/mol. The molecule has 0 aromatic rings. The molecule has 512 valence electrons. The van der Waals surface area contributed by atoms with E-state index in [0.717, 1.165) is 68.5 Å². The summed E-state index contributed by atoms with van der Waals surface area (Å²) >= 11 is 0. The molecule has 0 N–H and O–H groups in total. The van der Waals surface area contributed by atoms with Gasteiger partial charge in [0, 0.05) is 43.8 Å². The Hall–Kier alpha value is -2.73. The molecule has 16 heteroatoms. The zero-order valence-electron chi connectivity index (χ0n) is 59.5. The summed E-state index contributed by atoms with van der Waals surface area (Å²) in [5.41, 5.74) is 0.134. The molecule has 16 nitrogen and oxygen atoms in total. The maximum absolute atomic E-state index is 11.4. The van der Waals surface area contributed by atoms with E-state index >= 15 is 0 Å². The van der Waals surface area contributed by atoms with Gasteiger partial charge in [-0.2, -0.15) is 0 Å². The molecule has 25 atom stereocenters. The highest BCUT2D eigenvalue weighted by Crippen LogP contribution is 2.60. The van der Waals surface area contributed by atoms with Crippen LogP contribution in [-0.2, 0) is 76.1 Å². The molecule has 13 fully saturated rings. The lowest BCUT2D eigenvalue weighted by atomic mass is 9.76. The summed E-state index contributed by atoms with van der Waals surface area (Å²) < 4.78 is 57.4. The third kappa shape index (κ3) is 23.7. The van der Waals surface area contributed by atoms with Gasteiger partial charge in [-0.05, 0) is 192 Å². The number of ether oxygens (including phenoxy) is 11. The Labute approximate surface area is 534 Å². The fraction of sp³-hybridized carbons (Fsp3) is 0.931. The van der Waals surface area contributed by atoms with Crippen molar-refractivity contribution < 1.29 is 76.1 Å². The average Bonchev–Trinajstić information content (AvgIpc) is 1.67. The number of esters is 4. The van der Waals surface area contributed by atoms with Gasteiger partial charge in [0.25, 0.3) is 0 Å². The minimum absolute atomic E-state index is 0.0411. The van der Waals surface area contributed by atoms with Crippen LogP contribution in [0.25, 0.3) is 0 Å². The van der Waals surface area contributed by atoms with Crippen LogP contribution >= 0.6 is 0 Å². The smallest absolute Gasteiger partial charge is 0.309 e. The van der Waals surface area contributed by atoms with E-state index in [1.807, 2.05) is 76.2 Å². The minimum atomic E-state index is -0.362. The molecule has 3 aliphatic carbocycles. The van der Waals surface area contributed by atoms with Crippen LogP contribution < -0.4 is 0 Å². The maximum Gasteiger partial charge on any atom is 0.309 e. The van der Waals surface area contributed by atoms with Crippen molar-refractivity contribution in [2.24, 2.45) is 88.3 Å². The molecule has 0 amide bonds. The van der Waals surface area contributed by atoms with Gasteiger partial charge in [-0.25, -0.2) is 0 Å². The summed E-state index contributed by atoms with van der Waals surface area (Å²) in [6, 6.07) is 0. The van der Waals surface area contributed by atoms with E-state index in [9.17, 15) is 24.0 Å². The number of hydrogen-bond donors (Lipinski definition) is 0. The van der Waals surface area contributed by atoms with E-state index in [4.69, 9.17) is 52.1 Å². The number of carbonyl (C=O) groups excluding carboxylic acids is 5. The second kappa shape index (κ2) is 36.1. The van der Waals surface area contributed by atoms with Crippen LogP contribution in [-0.4, -0.2) is 129 Å². The Kier molecular flexibility index (Phi) is 31.9. The summed E-state index contributed by atoms with van der Waals surface area (Å²) in [5, 5.41) is 0. The lowest BCUT2D eigenvalue weighted by Crippen LogP contribution is -2.36. The molecule has 13 rings (SSSR count). The van der Waals surface area contributed by atoms with Gasteiger partial charge >= 0.3 is 23.9 Å². The minimum Gasteiger partial charge on any atom is -0.465 e. The molecular formula is C72H128O16. The van der Waals surface area contributed by atoms with Gasteiger partial charge in [0.05, 0.1) is 73.7 Å². The van der Waals surface area contributed by atoms with E-state index < -0.39 is 0 Å². The molecule has 0 aromatic carbocycles. The highest BCUT2D eigenvalue weighted by atomic mass is 16.8. The molecule has 0 aromatic heterocycles. The second-order valence-corrected chi connectivity index (χ2v) is 30.1. The molecule has 3 saturated carbocycles. The quantitative estimate of drug-likeness (QED) is 0.164. The van der Waals surface area contributed by atoms with Crippen molar-refractivity contribution in [3.8, 4) is 0 Å². The summed E-state index contributed by atoms with van der Waals surface area (Å²) in [5.74, 6) is 8.08. The molecule has 13 aliphatic rings. The molecule has 10 saturated heterocycles. The predicted molar refractivity (Wildman–Crippen MR) is 343 cm³/mol. The predicted octanol–water partition coefficient (Wildman–Crippen LogP) is 14.7. The fourth-order valence-electron chi connectivity index (χ4n) is 13.7.